The zero-order valence-corrected chi connectivity index (χ0v) is 10.8. The highest BCUT2D eigenvalue weighted by Gasteiger charge is 2.14. The second kappa shape index (κ2) is 5.27. The Morgan fingerprint density at radius 3 is 2.68 bits per heavy atom. The van der Waals surface area contributed by atoms with Crippen LogP contribution in [0.5, 0.6) is 0 Å². The Bertz CT molecular complexity index is 635. The molecule has 96 valence electrons. The van der Waals surface area contributed by atoms with Crippen molar-refractivity contribution in [3.05, 3.63) is 59.9 Å². The molecule has 0 aromatic heterocycles. The Morgan fingerprint density at radius 2 is 1.84 bits per heavy atom. The van der Waals surface area contributed by atoms with Gasteiger partial charge in [-0.1, -0.05) is 36.4 Å². The van der Waals surface area contributed by atoms with Crippen LogP contribution in [0.3, 0.4) is 0 Å². The van der Waals surface area contributed by atoms with Crippen molar-refractivity contribution in [2.75, 3.05) is 0 Å². The lowest BCUT2D eigenvalue weighted by Gasteiger charge is -2.13. The third-order valence-electron chi connectivity index (χ3n) is 3.48. The minimum atomic E-state index is -0.245. The van der Waals surface area contributed by atoms with Gasteiger partial charge in [0.2, 0.25) is 0 Å². The highest BCUT2D eigenvalue weighted by atomic mass is 16.5. The van der Waals surface area contributed by atoms with Gasteiger partial charge in [-0.2, -0.15) is 0 Å². The van der Waals surface area contributed by atoms with Crippen LogP contribution in [0.25, 0.3) is 10.8 Å². The molecule has 0 amide bonds. The Balaban J connectivity index is 1.91. The molecular formula is C17H16O2. The van der Waals surface area contributed by atoms with Gasteiger partial charge >= 0.3 is 5.97 Å². The number of carbonyl (C=O) groups excluding carboxylic acids is 1. The van der Waals surface area contributed by atoms with Crippen LogP contribution in [0.1, 0.15) is 36.0 Å². The third kappa shape index (κ3) is 2.53. The van der Waals surface area contributed by atoms with Crippen molar-refractivity contribution in [1.29, 1.82) is 0 Å². The predicted molar refractivity (Wildman–Crippen MR) is 75.9 cm³/mol. The summed E-state index contributed by atoms with van der Waals surface area (Å²) in [5, 5.41) is 2.01. The number of hydrogen-bond donors (Lipinski definition) is 0. The van der Waals surface area contributed by atoms with Crippen LogP contribution < -0.4 is 0 Å². The molecule has 2 aromatic carbocycles. The van der Waals surface area contributed by atoms with Gasteiger partial charge in [0, 0.05) is 6.42 Å². The van der Waals surface area contributed by atoms with Gasteiger partial charge in [0.1, 0.15) is 5.76 Å². The molecule has 0 atom stereocenters. The van der Waals surface area contributed by atoms with E-state index in [0.717, 1.165) is 35.8 Å². The van der Waals surface area contributed by atoms with Crippen molar-refractivity contribution in [1.82, 2.24) is 0 Å². The molecule has 0 unspecified atom stereocenters. The highest BCUT2D eigenvalue weighted by Crippen LogP contribution is 2.23. The lowest BCUT2D eigenvalue weighted by molar-refractivity contribution is 0.0610. The van der Waals surface area contributed by atoms with Crippen LogP contribution in [0.4, 0.5) is 0 Å². The Labute approximate surface area is 112 Å². The summed E-state index contributed by atoms with van der Waals surface area (Å²) in [6.45, 7) is 0. The van der Waals surface area contributed by atoms with Crippen LogP contribution in [0.15, 0.2) is 54.3 Å². The molecule has 0 N–H and O–H groups in total. The number of fused-ring (bicyclic) bond motifs is 1. The van der Waals surface area contributed by atoms with Gasteiger partial charge in [0.15, 0.2) is 0 Å². The SMILES string of the molecule is O=C(OC1=CCCCC1)c1cccc2ccccc12. The number of allylic oxidation sites excluding steroid dienone is 2. The molecule has 3 rings (SSSR count). The molecule has 1 aliphatic rings. The summed E-state index contributed by atoms with van der Waals surface area (Å²) in [6.07, 6.45) is 6.21. The molecule has 0 fully saturated rings. The summed E-state index contributed by atoms with van der Waals surface area (Å²) in [6, 6.07) is 13.6. The van der Waals surface area contributed by atoms with Crippen LogP contribution in [0, 0.1) is 0 Å². The summed E-state index contributed by atoms with van der Waals surface area (Å²) in [5.74, 6) is 0.578. The fourth-order valence-electron chi connectivity index (χ4n) is 2.48. The van der Waals surface area contributed by atoms with E-state index in [2.05, 4.69) is 0 Å². The minimum absolute atomic E-state index is 0.245. The van der Waals surface area contributed by atoms with E-state index in [9.17, 15) is 4.79 Å². The Kier molecular flexibility index (Phi) is 3.32. The van der Waals surface area contributed by atoms with E-state index in [4.69, 9.17) is 4.74 Å². The van der Waals surface area contributed by atoms with Crippen molar-refractivity contribution in [3.63, 3.8) is 0 Å². The molecule has 0 aliphatic heterocycles. The smallest absolute Gasteiger partial charge is 0.343 e. The number of carbonyl (C=O) groups is 1. The zero-order chi connectivity index (χ0) is 13.1. The number of esters is 1. The summed E-state index contributed by atoms with van der Waals surface area (Å²) < 4.78 is 5.51. The van der Waals surface area contributed by atoms with Crippen LogP contribution in [-0.4, -0.2) is 5.97 Å². The van der Waals surface area contributed by atoms with E-state index in [1.165, 1.54) is 6.42 Å². The van der Waals surface area contributed by atoms with Crippen LogP contribution >= 0.6 is 0 Å². The lowest BCUT2D eigenvalue weighted by atomic mass is 10.0. The first kappa shape index (κ1) is 12.0. The summed E-state index contributed by atoms with van der Waals surface area (Å²) in [5.41, 5.74) is 0.643. The monoisotopic (exact) mass is 252 g/mol. The zero-order valence-electron chi connectivity index (χ0n) is 10.8. The van der Waals surface area contributed by atoms with Gasteiger partial charge in [-0.15, -0.1) is 0 Å². The first-order chi connectivity index (χ1) is 9.34. The second-order valence-corrected chi connectivity index (χ2v) is 4.83. The van der Waals surface area contributed by atoms with Crippen molar-refractivity contribution in [2.45, 2.75) is 25.7 Å². The van der Waals surface area contributed by atoms with Crippen molar-refractivity contribution < 1.29 is 9.53 Å². The van der Waals surface area contributed by atoms with E-state index in [0.29, 0.717) is 5.56 Å². The van der Waals surface area contributed by atoms with Gasteiger partial charge in [-0.25, -0.2) is 4.79 Å². The quantitative estimate of drug-likeness (QED) is 0.738. The van der Waals surface area contributed by atoms with Crippen molar-refractivity contribution in [3.8, 4) is 0 Å². The van der Waals surface area contributed by atoms with Gasteiger partial charge in [-0.3, -0.25) is 0 Å². The molecule has 0 saturated heterocycles. The van der Waals surface area contributed by atoms with Crippen molar-refractivity contribution in [2.24, 2.45) is 0 Å². The third-order valence-corrected chi connectivity index (χ3v) is 3.48. The molecule has 2 heteroatoms. The first-order valence-electron chi connectivity index (χ1n) is 6.73. The number of benzene rings is 2. The number of ether oxygens (including phenoxy) is 1. The Hall–Kier alpha value is -2.09. The number of hydrogen-bond acceptors (Lipinski definition) is 2. The van der Waals surface area contributed by atoms with E-state index >= 15 is 0 Å². The second-order valence-electron chi connectivity index (χ2n) is 4.83. The van der Waals surface area contributed by atoms with Gasteiger partial charge < -0.3 is 4.74 Å². The van der Waals surface area contributed by atoms with Gasteiger partial charge in [-0.05, 0) is 42.2 Å². The topological polar surface area (TPSA) is 26.3 Å². The average Bonchev–Trinajstić information content (AvgIpc) is 2.47. The van der Waals surface area contributed by atoms with Crippen LogP contribution in [0.2, 0.25) is 0 Å². The van der Waals surface area contributed by atoms with Gasteiger partial charge in [0.25, 0.3) is 0 Å². The normalized spacial score (nSPS) is 15.1. The maximum atomic E-state index is 12.3. The number of rotatable bonds is 2. The maximum absolute atomic E-state index is 12.3. The molecule has 2 aromatic rings. The molecule has 0 bridgehead atoms. The largest absolute Gasteiger partial charge is 0.428 e. The van der Waals surface area contributed by atoms with E-state index < -0.39 is 0 Å². The molecule has 0 saturated carbocycles. The molecule has 0 spiro atoms. The van der Waals surface area contributed by atoms with Gasteiger partial charge in [0.05, 0.1) is 5.56 Å². The fourth-order valence-corrected chi connectivity index (χ4v) is 2.48. The first-order valence-corrected chi connectivity index (χ1v) is 6.73. The summed E-state index contributed by atoms with van der Waals surface area (Å²) >= 11 is 0. The Morgan fingerprint density at radius 1 is 1.00 bits per heavy atom. The van der Waals surface area contributed by atoms with Crippen LogP contribution in [-0.2, 0) is 4.74 Å². The van der Waals surface area contributed by atoms with E-state index in [-0.39, 0.29) is 5.97 Å². The maximum Gasteiger partial charge on any atom is 0.343 e. The molecular weight excluding hydrogens is 236 g/mol. The van der Waals surface area contributed by atoms with E-state index in [1.807, 2.05) is 48.5 Å². The molecule has 19 heavy (non-hydrogen) atoms. The van der Waals surface area contributed by atoms with E-state index in [1.54, 1.807) is 0 Å². The average molecular weight is 252 g/mol. The van der Waals surface area contributed by atoms with Crippen molar-refractivity contribution >= 4 is 16.7 Å². The molecule has 1 aliphatic carbocycles. The molecule has 0 radical (unpaired) electrons. The fraction of sp³-hybridized carbons (Fsp3) is 0.235. The summed E-state index contributed by atoms with van der Waals surface area (Å²) in [4.78, 5) is 12.3. The standard InChI is InChI=1S/C17H16O2/c18-17(19-14-9-2-1-3-10-14)16-12-6-8-13-7-4-5-11-15(13)16/h4-9,11-12H,1-3,10H2. The summed E-state index contributed by atoms with van der Waals surface area (Å²) in [7, 11) is 0. The highest BCUT2D eigenvalue weighted by molar-refractivity contribution is 6.04. The minimum Gasteiger partial charge on any atom is -0.428 e. The predicted octanol–water partition coefficient (Wildman–Crippen LogP) is 4.45. The molecule has 0 heterocycles. The molecule has 2 nitrogen and oxygen atoms in total. The lowest BCUT2D eigenvalue weighted by Crippen LogP contribution is -2.07.